The van der Waals surface area contributed by atoms with Crippen LogP contribution in [0.4, 0.5) is 4.39 Å². The van der Waals surface area contributed by atoms with Gasteiger partial charge in [0.15, 0.2) is 21.4 Å². The molecule has 2 N–H and O–H groups in total. The second kappa shape index (κ2) is 5.46. The molecule has 0 atom stereocenters. The van der Waals surface area contributed by atoms with E-state index in [0.717, 1.165) is 6.07 Å². The van der Waals surface area contributed by atoms with Crippen molar-refractivity contribution in [1.29, 1.82) is 0 Å². The van der Waals surface area contributed by atoms with Gasteiger partial charge >= 0.3 is 0 Å². The Bertz CT molecular complexity index is 485. The topological polar surface area (TPSA) is 69.4 Å². The van der Waals surface area contributed by atoms with E-state index < -0.39 is 15.7 Å². The van der Waals surface area contributed by atoms with Gasteiger partial charge in [0.1, 0.15) is 0 Å². The van der Waals surface area contributed by atoms with E-state index in [4.69, 9.17) is 10.5 Å². The molecule has 0 aliphatic carbocycles. The summed E-state index contributed by atoms with van der Waals surface area (Å²) in [5.74, 6) is -0.833. The van der Waals surface area contributed by atoms with Gasteiger partial charge in [-0.15, -0.1) is 0 Å². The van der Waals surface area contributed by atoms with E-state index >= 15 is 0 Å². The second-order valence-electron chi connectivity index (χ2n) is 3.87. The Kier molecular flexibility index (Phi) is 4.47. The highest BCUT2D eigenvalue weighted by Gasteiger charge is 2.16. The van der Waals surface area contributed by atoms with E-state index in [-0.39, 0.29) is 29.0 Å². The SMILES string of the molecule is CC(C)Oc1ccc(S(=O)(=O)CCN)cc1F. The van der Waals surface area contributed by atoms with Crippen LogP contribution >= 0.6 is 0 Å². The first kappa shape index (κ1) is 13.9. The molecule has 0 saturated heterocycles. The number of ether oxygens (including phenoxy) is 1. The Hall–Kier alpha value is -1.14. The monoisotopic (exact) mass is 261 g/mol. The molecule has 0 unspecified atom stereocenters. The second-order valence-corrected chi connectivity index (χ2v) is 5.98. The Morgan fingerprint density at radius 1 is 1.41 bits per heavy atom. The van der Waals surface area contributed by atoms with Crippen LogP contribution in [-0.2, 0) is 9.84 Å². The number of rotatable bonds is 5. The summed E-state index contributed by atoms with van der Waals surface area (Å²) in [6.07, 6.45) is -0.170. The van der Waals surface area contributed by atoms with E-state index in [0.29, 0.717) is 0 Å². The third kappa shape index (κ3) is 3.67. The van der Waals surface area contributed by atoms with Crippen LogP contribution in [0.2, 0.25) is 0 Å². The molecule has 17 heavy (non-hydrogen) atoms. The zero-order valence-corrected chi connectivity index (χ0v) is 10.6. The molecule has 0 amide bonds. The minimum atomic E-state index is -3.50. The lowest BCUT2D eigenvalue weighted by Gasteiger charge is -2.11. The maximum Gasteiger partial charge on any atom is 0.179 e. The summed E-state index contributed by atoms with van der Waals surface area (Å²) in [5.41, 5.74) is 5.19. The number of benzene rings is 1. The highest BCUT2D eigenvalue weighted by molar-refractivity contribution is 7.91. The lowest BCUT2D eigenvalue weighted by atomic mass is 10.3. The van der Waals surface area contributed by atoms with E-state index in [1.165, 1.54) is 12.1 Å². The Labute approximate surface area is 101 Å². The predicted octanol–water partition coefficient (Wildman–Crippen LogP) is 1.35. The molecular weight excluding hydrogens is 245 g/mol. The summed E-state index contributed by atoms with van der Waals surface area (Å²) in [6.45, 7) is 3.53. The number of nitrogens with two attached hydrogens (primary N) is 1. The van der Waals surface area contributed by atoms with Crippen molar-refractivity contribution in [3.05, 3.63) is 24.0 Å². The van der Waals surface area contributed by atoms with Gasteiger partial charge in [-0.3, -0.25) is 0 Å². The molecule has 4 nitrogen and oxygen atoms in total. The largest absolute Gasteiger partial charge is 0.488 e. The highest BCUT2D eigenvalue weighted by Crippen LogP contribution is 2.22. The molecule has 6 heteroatoms. The van der Waals surface area contributed by atoms with Crippen LogP contribution < -0.4 is 10.5 Å². The summed E-state index contributed by atoms with van der Waals surface area (Å²) in [4.78, 5) is -0.0726. The molecule has 0 heterocycles. The van der Waals surface area contributed by atoms with Crippen LogP contribution in [0, 0.1) is 5.82 Å². The average molecular weight is 261 g/mol. The van der Waals surface area contributed by atoms with E-state index in [1.807, 2.05) is 0 Å². The molecular formula is C11H16FNO3S. The number of hydrogen-bond acceptors (Lipinski definition) is 4. The zero-order chi connectivity index (χ0) is 13.1. The fourth-order valence-electron chi connectivity index (χ4n) is 1.30. The fraction of sp³-hybridized carbons (Fsp3) is 0.455. The normalized spacial score (nSPS) is 11.8. The quantitative estimate of drug-likeness (QED) is 0.868. The van der Waals surface area contributed by atoms with Gasteiger partial charge in [0.25, 0.3) is 0 Å². The molecule has 0 radical (unpaired) electrons. The fourth-order valence-corrected chi connectivity index (χ4v) is 2.40. The number of sulfone groups is 1. The van der Waals surface area contributed by atoms with Crippen molar-refractivity contribution in [3.63, 3.8) is 0 Å². The summed E-state index contributed by atoms with van der Waals surface area (Å²) in [5, 5.41) is 0. The van der Waals surface area contributed by atoms with Crippen LogP contribution in [0.25, 0.3) is 0 Å². The third-order valence-corrected chi connectivity index (χ3v) is 3.76. The smallest absolute Gasteiger partial charge is 0.179 e. The van der Waals surface area contributed by atoms with Crippen LogP contribution in [0.1, 0.15) is 13.8 Å². The predicted molar refractivity (Wildman–Crippen MR) is 63.3 cm³/mol. The lowest BCUT2D eigenvalue weighted by molar-refractivity contribution is 0.231. The standard InChI is InChI=1S/C11H16FNO3S/c1-8(2)16-11-4-3-9(7-10(11)12)17(14,15)6-5-13/h3-4,7-8H,5-6,13H2,1-2H3. The van der Waals surface area contributed by atoms with Gasteiger partial charge in [-0.2, -0.15) is 0 Å². The number of halogens is 1. The van der Waals surface area contributed by atoms with Gasteiger partial charge in [-0.25, -0.2) is 12.8 Å². The summed E-state index contributed by atoms with van der Waals surface area (Å²) in [6, 6.07) is 3.60. The molecule has 1 rings (SSSR count). The molecule has 0 aliphatic rings. The van der Waals surface area contributed by atoms with Gasteiger partial charge in [-0.1, -0.05) is 0 Å². The maximum absolute atomic E-state index is 13.6. The van der Waals surface area contributed by atoms with Crippen LogP contribution in [0.3, 0.4) is 0 Å². The van der Waals surface area contributed by atoms with Crippen molar-refractivity contribution in [3.8, 4) is 5.75 Å². The highest BCUT2D eigenvalue weighted by atomic mass is 32.2. The first-order chi connectivity index (χ1) is 7.86. The van der Waals surface area contributed by atoms with Crippen LogP contribution in [0.15, 0.2) is 23.1 Å². The molecule has 0 fully saturated rings. The Morgan fingerprint density at radius 2 is 2.06 bits per heavy atom. The first-order valence-corrected chi connectivity index (χ1v) is 6.91. The molecule has 96 valence electrons. The van der Waals surface area contributed by atoms with Gasteiger partial charge in [-0.05, 0) is 32.0 Å². The Balaban J connectivity index is 3.04. The average Bonchev–Trinajstić information content (AvgIpc) is 2.20. The molecule has 1 aromatic rings. The van der Waals surface area contributed by atoms with Gasteiger partial charge < -0.3 is 10.5 Å². The summed E-state index contributed by atoms with van der Waals surface area (Å²) >= 11 is 0. The Morgan fingerprint density at radius 3 is 2.53 bits per heavy atom. The van der Waals surface area contributed by atoms with E-state index in [2.05, 4.69) is 0 Å². The minimum absolute atomic E-state index is 0.00813. The van der Waals surface area contributed by atoms with Crippen molar-refractivity contribution in [2.24, 2.45) is 5.73 Å². The molecule has 0 bridgehead atoms. The van der Waals surface area contributed by atoms with Crippen molar-refractivity contribution in [1.82, 2.24) is 0 Å². The van der Waals surface area contributed by atoms with Crippen molar-refractivity contribution >= 4 is 9.84 Å². The molecule has 0 saturated carbocycles. The summed E-state index contributed by atoms with van der Waals surface area (Å²) in [7, 11) is -3.50. The van der Waals surface area contributed by atoms with Gasteiger partial charge in [0.05, 0.1) is 16.8 Å². The zero-order valence-electron chi connectivity index (χ0n) is 9.81. The van der Waals surface area contributed by atoms with Crippen molar-refractivity contribution in [2.45, 2.75) is 24.8 Å². The van der Waals surface area contributed by atoms with E-state index in [1.54, 1.807) is 13.8 Å². The first-order valence-electron chi connectivity index (χ1n) is 5.26. The lowest BCUT2D eigenvalue weighted by Crippen LogP contribution is -2.16. The van der Waals surface area contributed by atoms with Crippen LogP contribution in [-0.4, -0.2) is 26.8 Å². The number of hydrogen-bond donors (Lipinski definition) is 1. The molecule has 0 aromatic heterocycles. The minimum Gasteiger partial charge on any atom is -0.488 e. The maximum atomic E-state index is 13.6. The molecule has 1 aromatic carbocycles. The molecule has 0 spiro atoms. The third-order valence-electron chi connectivity index (χ3n) is 2.01. The van der Waals surface area contributed by atoms with Gasteiger partial charge in [0, 0.05) is 6.54 Å². The molecule has 0 aliphatic heterocycles. The van der Waals surface area contributed by atoms with Gasteiger partial charge in [0.2, 0.25) is 0 Å². The van der Waals surface area contributed by atoms with Crippen molar-refractivity contribution < 1.29 is 17.5 Å². The van der Waals surface area contributed by atoms with Crippen molar-refractivity contribution in [2.75, 3.05) is 12.3 Å². The van der Waals surface area contributed by atoms with Crippen LogP contribution in [0.5, 0.6) is 5.75 Å². The van der Waals surface area contributed by atoms with E-state index in [9.17, 15) is 12.8 Å². The summed E-state index contributed by atoms with van der Waals surface area (Å²) < 4.78 is 42.0.